The third-order valence-electron chi connectivity index (χ3n) is 2.40. The summed E-state index contributed by atoms with van der Waals surface area (Å²) >= 11 is 0. The molecule has 15 heavy (non-hydrogen) atoms. The van der Waals surface area contributed by atoms with E-state index in [1.807, 2.05) is 25.1 Å². The molecule has 1 aromatic rings. The Balaban J connectivity index is 2.98. The Morgan fingerprint density at radius 2 is 1.87 bits per heavy atom. The van der Waals surface area contributed by atoms with E-state index in [2.05, 4.69) is 19.9 Å². The molecule has 0 heterocycles. The van der Waals surface area contributed by atoms with Crippen LogP contribution in [0.15, 0.2) is 24.3 Å². The molecule has 1 unspecified atom stereocenters. The van der Waals surface area contributed by atoms with Gasteiger partial charge in [0.05, 0.1) is 13.2 Å². The Hall–Kier alpha value is -1.02. The fourth-order valence-corrected chi connectivity index (χ4v) is 1.72. The first-order valence-corrected chi connectivity index (χ1v) is 5.45. The lowest BCUT2D eigenvalue weighted by atomic mass is 9.98. The number of hydrogen-bond acceptors (Lipinski definition) is 2. The summed E-state index contributed by atoms with van der Waals surface area (Å²) in [5.41, 5.74) is 1.14. The Morgan fingerprint density at radius 3 is 2.40 bits per heavy atom. The van der Waals surface area contributed by atoms with E-state index in [0.717, 1.165) is 17.9 Å². The SMILES string of the molecule is CCOC(c1ccccc1OC)C(C)C. The largest absolute Gasteiger partial charge is 0.496 e. The van der Waals surface area contributed by atoms with Crippen molar-refractivity contribution in [2.45, 2.75) is 26.9 Å². The highest BCUT2D eigenvalue weighted by atomic mass is 16.5. The van der Waals surface area contributed by atoms with Gasteiger partial charge in [0.2, 0.25) is 0 Å². The van der Waals surface area contributed by atoms with E-state index in [4.69, 9.17) is 9.47 Å². The van der Waals surface area contributed by atoms with Gasteiger partial charge in [0.1, 0.15) is 5.75 Å². The Kier molecular flexibility index (Phi) is 4.63. The maximum Gasteiger partial charge on any atom is 0.124 e. The summed E-state index contributed by atoms with van der Waals surface area (Å²) in [5.74, 6) is 1.35. The average molecular weight is 208 g/mol. The topological polar surface area (TPSA) is 18.5 Å². The maximum absolute atomic E-state index is 5.75. The predicted molar refractivity (Wildman–Crippen MR) is 62.2 cm³/mol. The second-order valence-electron chi connectivity index (χ2n) is 3.86. The van der Waals surface area contributed by atoms with Gasteiger partial charge in [-0.2, -0.15) is 0 Å². The van der Waals surface area contributed by atoms with Gasteiger partial charge in [-0.15, -0.1) is 0 Å². The molecule has 2 nitrogen and oxygen atoms in total. The van der Waals surface area contributed by atoms with Crippen LogP contribution in [-0.4, -0.2) is 13.7 Å². The van der Waals surface area contributed by atoms with Crippen LogP contribution in [0.1, 0.15) is 32.4 Å². The highest BCUT2D eigenvalue weighted by Crippen LogP contribution is 2.32. The fourth-order valence-electron chi connectivity index (χ4n) is 1.72. The van der Waals surface area contributed by atoms with Gasteiger partial charge in [0.15, 0.2) is 0 Å². The lowest BCUT2D eigenvalue weighted by Crippen LogP contribution is -2.12. The third kappa shape index (κ3) is 2.96. The van der Waals surface area contributed by atoms with Crippen LogP contribution < -0.4 is 4.74 Å². The van der Waals surface area contributed by atoms with Gasteiger partial charge >= 0.3 is 0 Å². The molecule has 0 saturated heterocycles. The zero-order valence-corrected chi connectivity index (χ0v) is 9.99. The first-order chi connectivity index (χ1) is 7.20. The lowest BCUT2D eigenvalue weighted by molar-refractivity contribution is 0.0278. The standard InChI is InChI=1S/C13H20O2/c1-5-15-13(10(2)3)11-8-6-7-9-12(11)14-4/h6-10,13H,5H2,1-4H3. The van der Waals surface area contributed by atoms with Crippen molar-refractivity contribution in [1.29, 1.82) is 0 Å². The summed E-state index contributed by atoms with van der Waals surface area (Å²) in [5, 5.41) is 0. The normalized spacial score (nSPS) is 12.9. The molecule has 0 aliphatic rings. The van der Waals surface area contributed by atoms with Gasteiger partial charge in [-0.1, -0.05) is 32.0 Å². The van der Waals surface area contributed by atoms with Gasteiger partial charge in [0.25, 0.3) is 0 Å². The fraction of sp³-hybridized carbons (Fsp3) is 0.538. The van der Waals surface area contributed by atoms with E-state index in [1.54, 1.807) is 7.11 Å². The minimum absolute atomic E-state index is 0.117. The maximum atomic E-state index is 5.75. The minimum Gasteiger partial charge on any atom is -0.496 e. The number of hydrogen-bond donors (Lipinski definition) is 0. The Bertz CT molecular complexity index is 294. The van der Waals surface area contributed by atoms with Crippen molar-refractivity contribution in [3.05, 3.63) is 29.8 Å². The predicted octanol–water partition coefficient (Wildman–Crippen LogP) is 3.43. The van der Waals surface area contributed by atoms with Crippen LogP contribution in [0.25, 0.3) is 0 Å². The van der Waals surface area contributed by atoms with Gasteiger partial charge in [0, 0.05) is 12.2 Å². The van der Waals surface area contributed by atoms with E-state index in [1.165, 1.54) is 0 Å². The highest BCUT2D eigenvalue weighted by molar-refractivity contribution is 5.35. The van der Waals surface area contributed by atoms with Crippen LogP contribution in [-0.2, 0) is 4.74 Å². The van der Waals surface area contributed by atoms with Gasteiger partial charge in [-0.05, 0) is 18.9 Å². The van der Waals surface area contributed by atoms with Crippen molar-refractivity contribution in [1.82, 2.24) is 0 Å². The molecular weight excluding hydrogens is 188 g/mol. The van der Waals surface area contributed by atoms with Crippen molar-refractivity contribution < 1.29 is 9.47 Å². The summed E-state index contributed by atoms with van der Waals surface area (Å²) < 4.78 is 11.1. The second-order valence-corrected chi connectivity index (χ2v) is 3.86. The molecule has 84 valence electrons. The first-order valence-electron chi connectivity index (χ1n) is 5.45. The molecule has 0 amide bonds. The highest BCUT2D eigenvalue weighted by Gasteiger charge is 2.19. The molecule has 0 radical (unpaired) electrons. The van der Waals surface area contributed by atoms with Crippen molar-refractivity contribution >= 4 is 0 Å². The average Bonchev–Trinajstić information content (AvgIpc) is 2.25. The van der Waals surface area contributed by atoms with Crippen molar-refractivity contribution in [3.63, 3.8) is 0 Å². The molecule has 0 bridgehead atoms. The summed E-state index contributed by atoms with van der Waals surface area (Å²) in [6, 6.07) is 8.04. The minimum atomic E-state index is 0.117. The van der Waals surface area contributed by atoms with Gasteiger partial charge in [-0.25, -0.2) is 0 Å². The first kappa shape index (κ1) is 12.1. The zero-order valence-electron chi connectivity index (χ0n) is 9.99. The monoisotopic (exact) mass is 208 g/mol. The van der Waals surface area contributed by atoms with Crippen LogP contribution in [0, 0.1) is 5.92 Å². The lowest BCUT2D eigenvalue weighted by Gasteiger charge is -2.23. The van der Waals surface area contributed by atoms with E-state index < -0.39 is 0 Å². The van der Waals surface area contributed by atoms with Crippen molar-refractivity contribution in [3.8, 4) is 5.75 Å². The molecule has 0 spiro atoms. The molecule has 0 fully saturated rings. The molecule has 0 saturated carbocycles. The molecule has 0 aliphatic carbocycles. The molecule has 2 heteroatoms. The quantitative estimate of drug-likeness (QED) is 0.738. The number of rotatable bonds is 5. The summed E-state index contributed by atoms with van der Waals surface area (Å²) in [4.78, 5) is 0. The van der Waals surface area contributed by atoms with E-state index in [9.17, 15) is 0 Å². The number of methoxy groups -OCH3 is 1. The van der Waals surface area contributed by atoms with E-state index in [-0.39, 0.29) is 6.10 Å². The summed E-state index contributed by atoms with van der Waals surface area (Å²) in [7, 11) is 1.70. The number of para-hydroxylation sites is 1. The molecular formula is C13H20O2. The molecule has 0 aromatic heterocycles. The summed E-state index contributed by atoms with van der Waals surface area (Å²) in [6.45, 7) is 7.06. The zero-order chi connectivity index (χ0) is 11.3. The van der Waals surface area contributed by atoms with Crippen LogP contribution in [0.4, 0.5) is 0 Å². The molecule has 1 aromatic carbocycles. The molecule has 1 atom stereocenters. The molecule has 0 N–H and O–H groups in total. The van der Waals surface area contributed by atoms with Crippen LogP contribution in [0.5, 0.6) is 5.75 Å². The van der Waals surface area contributed by atoms with Gasteiger partial charge < -0.3 is 9.47 Å². The number of benzene rings is 1. The van der Waals surface area contributed by atoms with E-state index >= 15 is 0 Å². The van der Waals surface area contributed by atoms with Crippen molar-refractivity contribution in [2.75, 3.05) is 13.7 Å². The van der Waals surface area contributed by atoms with Crippen LogP contribution >= 0.6 is 0 Å². The van der Waals surface area contributed by atoms with Crippen LogP contribution in [0.3, 0.4) is 0 Å². The Labute approximate surface area is 92.2 Å². The number of ether oxygens (including phenoxy) is 2. The second kappa shape index (κ2) is 5.76. The van der Waals surface area contributed by atoms with E-state index in [0.29, 0.717) is 5.92 Å². The van der Waals surface area contributed by atoms with Crippen molar-refractivity contribution in [2.24, 2.45) is 5.92 Å². The third-order valence-corrected chi connectivity index (χ3v) is 2.40. The summed E-state index contributed by atoms with van der Waals surface area (Å²) in [6.07, 6.45) is 0.117. The van der Waals surface area contributed by atoms with Gasteiger partial charge in [-0.3, -0.25) is 0 Å². The smallest absolute Gasteiger partial charge is 0.124 e. The molecule has 0 aliphatic heterocycles. The van der Waals surface area contributed by atoms with Crippen LogP contribution in [0.2, 0.25) is 0 Å². The Morgan fingerprint density at radius 1 is 1.20 bits per heavy atom. The molecule has 1 rings (SSSR count).